The highest BCUT2D eigenvalue weighted by atomic mass is 35.5. The van der Waals surface area contributed by atoms with E-state index in [1.54, 1.807) is 22.3 Å². The zero-order valence-electron chi connectivity index (χ0n) is 15.0. The highest BCUT2D eigenvalue weighted by Crippen LogP contribution is 2.31. The summed E-state index contributed by atoms with van der Waals surface area (Å²) in [5, 5.41) is 2.64. The molecule has 2 amide bonds. The van der Waals surface area contributed by atoms with E-state index in [1.165, 1.54) is 4.88 Å². The number of anilines is 1. The van der Waals surface area contributed by atoms with Crippen molar-refractivity contribution in [1.82, 2.24) is 9.80 Å². The number of carbonyl (C=O) groups is 2. The summed E-state index contributed by atoms with van der Waals surface area (Å²) in [6, 6.07) is 11.5. The molecule has 2 saturated heterocycles. The highest BCUT2D eigenvalue weighted by Gasteiger charge is 2.38. The van der Waals surface area contributed by atoms with Gasteiger partial charge in [0.15, 0.2) is 0 Å². The molecule has 0 radical (unpaired) electrons. The van der Waals surface area contributed by atoms with Crippen LogP contribution in [-0.4, -0.2) is 54.3 Å². The van der Waals surface area contributed by atoms with Gasteiger partial charge in [-0.15, -0.1) is 11.3 Å². The van der Waals surface area contributed by atoms with Gasteiger partial charge in [-0.25, -0.2) is 0 Å². The Hall–Kier alpha value is -1.89. The van der Waals surface area contributed by atoms with E-state index in [1.807, 2.05) is 23.1 Å². The van der Waals surface area contributed by atoms with E-state index in [9.17, 15) is 9.59 Å². The van der Waals surface area contributed by atoms with Crippen molar-refractivity contribution < 1.29 is 9.59 Å². The Kier molecular flexibility index (Phi) is 5.48. The molecule has 7 heteroatoms. The minimum absolute atomic E-state index is 0.0298. The lowest BCUT2D eigenvalue weighted by Crippen LogP contribution is -2.50. The first-order valence-corrected chi connectivity index (χ1v) is 10.5. The number of hydrogen-bond acceptors (Lipinski definition) is 4. The van der Waals surface area contributed by atoms with Crippen molar-refractivity contribution in [2.45, 2.75) is 13.0 Å². The second-order valence-corrected chi connectivity index (χ2v) is 8.48. The quantitative estimate of drug-likeness (QED) is 0.787. The molecule has 2 aromatic rings. The number of rotatable bonds is 4. The van der Waals surface area contributed by atoms with Gasteiger partial charge >= 0.3 is 0 Å². The van der Waals surface area contributed by atoms with Crippen LogP contribution in [-0.2, 0) is 16.1 Å². The van der Waals surface area contributed by atoms with Crippen molar-refractivity contribution in [3.05, 3.63) is 51.7 Å². The fraction of sp³-hybridized carbons (Fsp3) is 0.400. The summed E-state index contributed by atoms with van der Waals surface area (Å²) in [7, 11) is 0. The number of amides is 2. The average Bonchev–Trinajstić information content (AvgIpc) is 3.32. The van der Waals surface area contributed by atoms with Crippen molar-refractivity contribution in [3.8, 4) is 0 Å². The monoisotopic (exact) mass is 403 g/mol. The topological polar surface area (TPSA) is 43.9 Å². The molecule has 2 fully saturated rings. The Morgan fingerprint density at radius 1 is 1.11 bits per heavy atom. The Morgan fingerprint density at radius 3 is 2.59 bits per heavy atom. The number of benzene rings is 1. The predicted octanol–water partition coefficient (Wildman–Crippen LogP) is 3.10. The van der Waals surface area contributed by atoms with Gasteiger partial charge in [-0.2, -0.15) is 0 Å². The largest absolute Gasteiger partial charge is 0.340 e. The smallest absolute Gasteiger partial charge is 0.228 e. The molecule has 0 unspecified atom stereocenters. The summed E-state index contributed by atoms with van der Waals surface area (Å²) >= 11 is 7.99. The molecule has 0 aliphatic carbocycles. The number of piperazine rings is 1. The third kappa shape index (κ3) is 4.03. The van der Waals surface area contributed by atoms with Crippen LogP contribution in [0.4, 0.5) is 5.69 Å². The molecule has 0 spiro atoms. The highest BCUT2D eigenvalue weighted by molar-refractivity contribution is 7.09. The predicted molar refractivity (Wildman–Crippen MR) is 108 cm³/mol. The van der Waals surface area contributed by atoms with Crippen LogP contribution in [0.15, 0.2) is 41.8 Å². The van der Waals surface area contributed by atoms with Crippen LogP contribution in [0.1, 0.15) is 11.3 Å². The Bertz CT molecular complexity index is 818. The molecule has 1 aromatic heterocycles. The number of para-hydroxylation sites is 1. The number of halogens is 1. The third-order valence-corrected chi connectivity index (χ3v) is 6.44. The molecule has 142 valence electrons. The summed E-state index contributed by atoms with van der Waals surface area (Å²) in [6.07, 6.45) is 0.263. The van der Waals surface area contributed by atoms with Crippen LogP contribution in [0.25, 0.3) is 0 Å². The Labute approximate surface area is 168 Å². The van der Waals surface area contributed by atoms with Gasteiger partial charge in [0.1, 0.15) is 0 Å². The van der Waals surface area contributed by atoms with Gasteiger partial charge in [-0.3, -0.25) is 14.5 Å². The van der Waals surface area contributed by atoms with Crippen molar-refractivity contribution in [2.75, 3.05) is 37.6 Å². The molecule has 27 heavy (non-hydrogen) atoms. The van der Waals surface area contributed by atoms with Crippen LogP contribution in [0.2, 0.25) is 5.02 Å². The van der Waals surface area contributed by atoms with Gasteiger partial charge in [0.25, 0.3) is 0 Å². The number of nitrogens with zero attached hydrogens (tertiary/aromatic N) is 3. The maximum Gasteiger partial charge on any atom is 0.228 e. The third-order valence-electron chi connectivity index (χ3n) is 5.26. The zero-order valence-corrected chi connectivity index (χ0v) is 16.6. The van der Waals surface area contributed by atoms with E-state index >= 15 is 0 Å². The lowest BCUT2D eigenvalue weighted by Gasteiger charge is -2.35. The van der Waals surface area contributed by atoms with Gasteiger partial charge in [0.05, 0.1) is 16.6 Å². The molecule has 4 rings (SSSR count). The minimum atomic E-state index is -0.280. The second kappa shape index (κ2) is 8.00. The summed E-state index contributed by atoms with van der Waals surface area (Å²) in [5.41, 5.74) is 0.695. The molecule has 1 atom stereocenters. The molecule has 3 heterocycles. The fourth-order valence-corrected chi connectivity index (χ4v) is 4.77. The van der Waals surface area contributed by atoms with Crippen LogP contribution < -0.4 is 4.90 Å². The SMILES string of the molecule is O=C([C@H]1CC(=O)N(c2ccccc2Cl)C1)N1CCN(Cc2cccs2)CC1. The van der Waals surface area contributed by atoms with Crippen molar-refractivity contribution >= 4 is 40.4 Å². The maximum absolute atomic E-state index is 12.9. The van der Waals surface area contributed by atoms with Crippen molar-refractivity contribution in [1.29, 1.82) is 0 Å². The van der Waals surface area contributed by atoms with Crippen LogP contribution in [0, 0.1) is 5.92 Å². The molecular formula is C20H22ClN3O2S. The zero-order chi connectivity index (χ0) is 18.8. The van der Waals surface area contributed by atoms with E-state index in [0.717, 1.165) is 32.7 Å². The molecule has 1 aromatic carbocycles. The molecular weight excluding hydrogens is 382 g/mol. The lowest BCUT2D eigenvalue weighted by atomic mass is 10.1. The summed E-state index contributed by atoms with van der Waals surface area (Å²) in [4.78, 5) is 32.7. The van der Waals surface area contributed by atoms with Crippen LogP contribution in [0.5, 0.6) is 0 Å². The molecule has 0 bridgehead atoms. The summed E-state index contributed by atoms with van der Waals surface area (Å²) in [5.74, 6) is -0.218. The summed E-state index contributed by atoms with van der Waals surface area (Å²) < 4.78 is 0. The van der Waals surface area contributed by atoms with Gasteiger partial charge < -0.3 is 9.80 Å². The molecule has 0 saturated carbocycles. The van der Waals surface area contributed by atoms with Crippen molar-refractivity contribution in [3.63, 3.8) is 0 Å². The van der Waals surface area contributed by atoms with E-state index in [0.29, 0.717) is 17.3 Å². The first-order valence-electron chi connectivity index (χ1n) is 9.20. The molecule has 2 aliphatic heterocycles. The number of carbonyl (C=O) groups excluding carboxylic acids is 2. The van der Waals surface area contributed by atoms with E-state index in [4.69, 9.17) is 11.6 Å². The minimum Gasteiger partial charge on any atom is -0.340 e. The summed E-state index contributed by atoms with van der Waals surface area (Å²) in [6.45, 7) is 4.55. The molecule has 5 nitrogen and oxygen atoms in total. The standard InChI is InChI=1S/C20H22ClN3O2S/c21-17-5-1-2-6-18(17)24-13-15(12-19(24)25)20(26)23-9-7-22(8-10-23)14-16-4-3-11-27-16/h1-6,11,15H,7-10,12-14H2/t15-/m0/s1. The first-order chi connectivity index (χ1) is 13.1. The Balaban J connectivity index is 1.34. The first kappa shape index (κ1) is 18.5. The average molecular weight is 404 g/mol. The van der Waals surface area contributed by atoms with E-state index in [-0.39, 0.29) is 24.2 Å². The molecule has 2 aliphatic rings. The fourth-order valence-electron chi connectivity index (χ4n) is 3.78. The number of thiophene rings is 1. The maximum atomic E-state index is 12.9. The molecule has 0 N–H and O–H groups in total. The van der Waals surface area contributed by atoms with Crippen molar-refractivity contribution in [2.24, 2.45) is 5.92 Å². The van der Waals surface area contributed by atoms with Gasteiger partial charge in [-0.1, -0.05) is 29.8 Å². The Morgan fingerprint density at radius 2 is 1.89 bits per heavy atom. The van der Waals surface area contributed by atoms with Gasteiger partial charge in [-0.05, 0) is 23.6 Å². The lowest BCUT2D eigenvalue weighted by molar-refractivity contribution is -0.137. The normalized spacial score (nSPS) is 21.1. The van der Waals surface area contributed by atoms with Gasteiger partial charge in [0, 0.05) is 50.6 Å². The second-order valence-electron chi connectivity index (χ2n) is 7.04. The van der Waals surface area contributed by atoms with Crippen LogP contribution in [0.3, 0.4) is 0 Å². The number of hydrogen-bond donors (Lipinski definition) is 0. The van der Waals surface area contributed by atoms with Gasteiger partial charge in [0.2, 0.25) is 11.8 Å². The van der Waals surface area contributed by atoms with E-state index in [2.05, 4.69) is 22.4 Å². The van der Waals surface area contributed by atoms with Crippen LogP contribution >= 0.6 is 22.9 Å². The van der Waals surface area contributed by atoms with E-state index < -0.39 is 0 Å².